The maximum atomic E-state index is 5.51. The topological polar surface area (TPSA) is 74.7 Å². The van der Waals surface area contributed by atoms with Crippen LogP contribution in [-0.4, -0.2) is 38.7 Å². The summed E-state index contributed by atoms with van der Waals surface area (Å²) in [5, 5.41) is 3.59. The Morgan fingerprint density at radius 3 is 2.93 bits per heavy atom. The second-order valence-electron chi connectivity index (χ2n) is 7.20. The fraction of sp³-hybridized carbons (Fsp3) is 0.190. The summed E-state index contributed by atoms with van der Waals surface area (Å²) in [6, 6.07) is 16.1. The third-order valence-corrected chi connectivity index (χ3v) is 5.32. The van der Waals surface area contributed by atoms with Gasteiger partial charge in [0.25, 0.3) is 0 Å². The highest BCUT2D eigenvalue weighted by Crippen LogP contribution is 2.33. The van der Waals surface area contributed by atoms with Crippen molar-refractivity contribution < 1.29 is 4.42 Å². The van der Waals surface area contributed by atoms with Crippen molar-refractivity contribution in [2.45, 2.75) is 12.7 Å². The Kier molecular flexibility index (Phi) is 3.63. The number of anilines is 1. The average Bonchev–Trinajstić information content (AvgIpc) is 3.42. The van der Waals surface area contributed by atoms with Gasteiger partial charge in [-0.2, -0.15) is 0 Å². The molecule has 1 atom stereocenters. The minimum atomic E-state index is -0.113. The van der Waals surface area contributed by atoms with E-state index in [0.29, 0.717) is 19.9 Å². The molecule has 0 saturated carbocycles. The number of hydrogen-bond acceptors (Lipinski definition) is 7. The molecule has 4 aromatic rings. The normalized spacial score (nSPS) is 18.8. The van der Waals surface area contributed by atoms with Crippen LogP contribution >= 0.6 is 0 Å². The number of benzene rings is 1. The monoisotopic (exact) mass is 385 g/mol. The quantitative estimate of drug-likeness (QED) is 0.585. The average molecular weight is 385 g/mol. The lowest BCUT2D eigenvalue weighted by molar-refractivity contribution is 0.243. The van der Waals surface area contributed by atoms with Gasteiger partial charge in [-0.05, 0) is 30.3 Å². The second kappa shape index (κ2) is 6.46. The van der Waals surface area contributed by atoms with Gasteiger partial charge in [0, 0.05) is 18.0 Å². The lowest BCUT2D eigenvalue weighted by Gasteiger charge is -2.41. The molecule has 0 amide bonds. The molecule has 8 heteroatoms. The minimum Gasteiger partial charge on any atom is -0.468 e. The number of para-hydroxylation sites is 2. The molecule has 0 unspecified atom stereocenters. The van der Waals surface area contributed by atoms with Crippen LogP contribution in [0.1, 0.15) is 17.5 Å². The van der Waals surface area contributed by atoms with Crippen molar-refractivity contribution in [3.63, 3.8) is 0 Å². The van der Waals surface area contributed by atoms with Crippen molar-refractivity contribution in [2.75, 3.05) is 18.2 Å². The first kappa shape index (κ1) is 16.3. The Bertz CT molecular complexity index is 1180. The van der Waals surface area contributed by atoms with Gasteiger partial charge in [-0.15, -0.1) is 0 Å². The molecule has 1 aromatic carbocycles. The van der Waals surface area contributed by atoms with Gasteiger partial charge in [0.15, 0.2) is 0 Å². The van der Waals surface area contributed by atoms with Crippen LogP contribution in [0.3, 0.4) is 0 Å². The number of nitrogens with one attached hydrogen (secondary N) is 1. The van der Waals surface area contributed by atoms with Crippen molar-refractivity contribution in [2.24, 2.45) is 4.99 Å². The Morgan fingerprint density at radius 2 is 2.07 bits per heavy atom. The number of furan rings is 1. The molecule has 8 nitrogen and oxygen atoms in total. The fourth-order valence-electron chi connectivity index (χ4n) is 4.00. The first-order valence-electron chi connectivity index (χ1n) is 9.57. The number of aromatic nitrogens is 3. The van der Waals surface area contributed by atoms with Crippen LogP contribution in [0.2, 0.25) is 0 Å². The van der Waals surface area contributed by atoms with E-state index in [2.05, 4.69) is 36.8 Å². The molecule has 1 N–H and O–H groups in total. The van der Waals surface area contributed by atoms with Gasteiger partial charge in [-0.3, -0.25) is 19.4 Å². The van der Waals surface area contributed by atoms with E-state index >= 15 is 0 Å². The van der Waals surface area contributed by atoms with Crippen LogP contribution in [0.4, 0.5) is 5.95 Å². The Balaban J connectivity index is 1.44. The number of guanidine groups is 1. The molecule has 0 saturated heterocycles. The lowest BCUT2D eigenvalue weighted by Crippen LogP contribution is -2.57. The van der Waals surface area contributed by atoms with Crippen LogP contribution in [0.25, 0.3) is 11.0 Å². The molecule has 0 bridgehead atoms. The Hall–Kier alpha value is -3.65. The van der Waals surface area contributed by atoms with Crippen LogP contribution in [-0.2, 0) is 6.54 Å². The van der Waals surface area contributed by atoms with Crippen molar-refractivity contribution >= 4 is 22.9 Å². The molecule has 2 aliphatic rings. The van der Waals surface area contributed by atoms with Crippen LogP contribution in [0.5, 0.6) is 0 Å². The molecule has 0 fully saturated rings. The molecule has 0 spiro atoms. The summed E-state index contributed by atoms with van der Waals surface area (Å²) in [5.41, 5.74) is 3.10. The summed E-state index contributed by atoms with van der Waals surface area (Å²) >= 11 is 0. The first-order chi connectivity index (χ1) is 14.4. The number of nitrogens with zero attached hydrogens (tertiary/aromatic N) is 6. The standard InChI is InChI=1S/C21H19N7O/c1-2-8-18-17(7-1)24-21-27-14-26(12-16-6-4-10-29-16)13-23-20(27)25-19(28(18)21)15-5-3-9-22-11-15/h1-11,19H,12-14H2,(H,23,25)/t19-/m1/s1. The van der Waals surface area contributed by atoms with Gasteiger partial charge >= 0.3 is 0 Å². The van der Waals surface area contributed by atoms with Gasteiger partial charge in [0.2, 0.25) is 11.9 Å². The summed E-state index contributed by atoms with van der Waals surface area (Å²) in [5.74, 6) is 2.63. The maximum absolute atomic E-state index is 5.51. The zero-order chi connectivity index (χ0) is 19.2. The molecule has 144 valence electrons. The van der Waals surface area contributed by atoms with E-state index in [0.717, 1.165) is 34.3 Å². The maximum Gasteiger partial charge on any atom is 0.216 e. The van der Waals surface area contributed by atoms with E-state index in [1.807, 2.05) is 42.6 Å². The zero-order valence-electron chi connectivity index (χ0n) is 15.6. The van der Waals surface area contributed by atoms with Crippen LogP contribution in [0, 0.1) is 0 Å². The molecule has 0 radical (unpaired) electrons. The zero-order valence-corrected chi connectivity index (χ0v) is 15.6. The van der Waals surface area contributed by atoms with Gasteiger partial charge in [0.05, 0.1) is 37.2 Å². The Labute approximate surface area is 167 Å². The van der Waals surface area contributed by atoms with Crippen LogP contribution in [0.15, 0.2) is 76.6 Å². The van der Waals surface area contributed by atoms with Crippen LogP contribution < -0.4 is 10.2 Å². The largest absolute Gasteiger partial charge is 0.468 e. The highest BCUT2D eigenvalue weighted by atomic mass is 16.3. The minimum absolute atomic E-state index is 0.113. The van der Waals surface area contributed by atoms with Gasteiger partial charge < -0.3 is 9.73 Å². The summed E-state index contributed by atoms with van der Waals surface area (Å²) in [6.07, 6.45) is 5.26. The molecule has 3 aromatic heterocycles. The molecule has 6 rings (SSSR count). The number of imidazole rings is 1. The Morgan fingerprint density at radius 1 is 1.10 bits per heavy atom. The van der Waals surface area contributed by atoms with Crippen molar-refractivity contribution in [3.05, 3.63) is 78.5 Å². The van der Waals surface area contributed by atoms with Gasteiger partial charge in [0.1, 0.15) is 11.9 Å². The predicted molar refractivity (Wildman–Crippen MR) is 109 cm³/mol. The van der Waals surface area contributed by atoms with Gasteiger partial charge in [-0.1, -0.05) is 18.2 Å². The van der Waals surface area contributed by atoms with E-state index in [1.54, 1.807) is 12.5 Å². The van der Waals surface area contributed by atoms with E-state index < -0.39 is 0 Å². The molecule has 29 heavy (non-hydrogen) atoms. The van der Waals surface area contributed by atoms with E-state index in [4.69, 9.17) is 14.4 Å². The predicted octanol–water partition coefficient (Wildman–Crippen LogP) is 2.77. The van der Waals surface area contributed by atoms with E-state index in [-0.39, 0.29) is 6.17 Å². The molecule has 2 aliphatic heterocycles. The highest BCUT2D eigenvalue weighted by molar-refractivity contribution is 5.98. The first-order valence-corrected chi connectivity index (χ1v) is 9.57. The molecule has 5 heterocycles. The SMILES string of the molecule is c1cncc([C@@H]2NC3=NCN(Cc4ccco4)CN3c3nc4ccccc4n32)c1. The summed E-state index contributed by atoms with van der Waals surface area (Å²) in [4.78, 5) is 18.4. The van der Waals surface area contributed by atoms with Crippen molar-refractivity contribution in [1.29, 1.82) is 0 Å². The molecule has 0 aliphatic carbocycles. The van der Waals surface area contributed by atoms with E-state index in [1.165, 1.54) is 0 Å². The van der Waals surface area contributed by atoms with Crippen molar-refractivity contribution in [1.82, 2.24) is 24.8 Å². The second-order valence-corrected chi connectivity index (χ2v) is 7.20. The number of aliphatic imine (C=N–C) groups is 1. The summed E-state index contributed by atoms with van der Waals surface area (Å²) in [6.45, 7) is 1.97. The summed E-state index contributed by atoms with van der Waals surface area (Å²) in [7, 11) is 0. The third-order valence-electron chi connectivity index (χ3n) is 5.32. The number of fused-ring (bicyclic) bond motifs is 5. The fourth-order valence-corrected chi connectivity index (χ4v) is 4.00. The lowest BCUT2D eigenvalue weighted by atomic mass is 10.2. The third kappa shape index (κ3) is 2.68. The number of rotatable bonds is 3. The van der Waals surface area contributed by atoms with E-state index in [9.17, 15) is 0 Å². The van der Waals surface area contributed by atoms with Gasteiger partial charge in [-0.25, -0.2) is 9.98 Å². The number of hydrogen-bond donors (Lipinski definition) is 1. The summed E-state index contributed by atoms with van der Waals surface area (Å²) < 4.78 is 7.74. The molecular formula is C21H19N7O. The smallest absolute Gasteiger partial charge is 0.216 e. The highest BCUT2D eigenvalue weighted by Gasteiger charge is 2.35. The molecular weight excluding hydrogens is 366 g/mol. The van der Waals surface area contributed by atoms with Crippen molar-refractivity contribution in [3.8, 4) is 0 Å². The number of pyridine rings is 1.